The molecule has 0 bridgehead atoms. The topological polar surface area (TPSA) is 0 Å². The molecule has 34 valence electrons. The number of hydrogen-bond acceptors (Lipinski definition) is 0. The van der Waals surface area contributed by atoms with Gasteiger partial charge in [-0.2, -0.15) is 0 Å². The van der Waals surface area contributed by atoms with Gasteiger partial charge >= 0.3 is 4.36 Å². The molecule has 4 heteroatoms. The van der Waals surface area contributed by atoms with Gasteiger partial charge in [0.15, 0.2) is 0 Å². The Morgan fingerprint density at radius 3 is 1.83 bits per heavy atom. The quantitative estimate of drug-likeness (QED) is 0.646. The monoisotopic (exact) mass is 274 g/mol. The molecule has 0 unspecified atom stereocenters. The molecule has 0 N–H and O–H groups in total. The highest BCUT2D eigenvalue weighted by Gasteiger charge is 1.91. The van der Waals surface area contributed by atoms with Gasteiger partial charge < -0.3 is 0 Å². The second-order valence-corrected chi connectivity index (χ2v) is 4.38. The number of hydrogen-bond donors (Lipinski definition) is 0. The van der Waals surface area contributed by atoms with Gasteiger partial charge in [-0.25, -0.2) is 0 Å². The molecule has 0 saturated carbocycles. The predicted molar refractivity (Wildman–Crippen MR) is 41.7 cm³/mol. The van der Waals surface area contributed by atoms with Crippen molar-refractivity contribution in [2.75, 3.05) is 0 Å². The maximum Gasteiger partial charge on any atom is 0.322 e. The first-order valence-electron chi connectivity index (χ1n) is 1.32. The summed E-state index contributed by atoms with van der Waals surface area (Å²) in [7, 11) is 0. The zero-order chi connectivity index (χ0) is 4.99. The minimum atomic E-state index is 0.296. The summed E-state index contributed by atoms with van der Waals surface area (Å²) in [6.07, 6.45) is 0. The van der Waals surface area contributed by atoms with E-state index in [0.29, 0.717) is 4.36 Å². The molecule has 0 atom stereocenters. The van der Waals surface area contributed by atoms with E-state index in [0.717, 1.165) is 0 Å². The van der Waals surface area contributed by atoms with Crippen LogP contribution >= 0.6 is 47.4 Å². The largest absolute Gasteiger partial charge is 0.322 e. The van der Waals surface area contributed by atoms with Gasteiger partial charge in [0.2, 0.25) is 0 Å². The molecule has 0 aromatic heterocycles. The van der Waals surface area contributed by atoms with E-state index in [1.807, 2.05) is 5.98 Å². The minimum absolute atomic E-state index is 0.296. The summed E-state index contributed by atoms with van der Waals surface area (Å²) in [6, 6.07) is 0. The van der Waals surface area contributed by atoms with Gasteiger partial charge in [-0.15, -0.1) is 31.5 Å². The Hall–Kier alpha value is 1.24. The van der Waals surface area contributed by atoms with Gasteiger partial charge in [-0.05, 0) is 4.99 Å². The molecule has 6 heavy (non-hydrogen) atoms. The van der Waals surface area contributed by atoms with E-state index in [1.165, 1.54) is 0 Å². The van der Waals surface area contributed by atoms with Gasteiger partial charge in [0.1, 0.15) is 0 Å². The summed E-state index contributed by atoms with van der Waals surface area (Å²) in [4.78, 5) is 1.79. The van der Waals surface area contributed by atoms with Crippen molar-refractivity contribution in [2.45, 2.75) is 0 Å². The number of rotatable bonds is 1. The molecule has 0 amide bonds. The van der Waals surface area contributed by atoms with Crippen LogP contribution in [-0.2, 0) is 0 Å². The highest BCUT2D eigenvalue weighted by Crippen LogP contribution is 2.03. The van der Waals surface area contributed by atoms with Gasteiger partial charge in [-0.3, -0.25) is 0 Å². The van der Waals surface area contributed by atoms with Crippen LogP contribution in [0.2, 0.25) is 0 Å². The second kappa shape index (κ2) is 4.41. The van der Waals surface area contributed by atoms with Gasteiger partial charge in [-0.1, -0.05) is 21.9 Å². The summed E-state index contributed by atoms with van der Waals surface area (Å²) in [5.41, 5.74) is 0. The van der Waals surface area contributed by atoms with Gasteiger partial charge in [0, 0.05) is 0 Å². The van der Waals surface area contributed by atoms with Crippen LogP contribution in [0, 0.1) is 0 Å². The van der Waals surface area contributed by atoms with Crippen molar-refractivity contribution in [3.05, 3.63) is 11.0 Å². The molecule has 0 aromatic carbocycles. The molecule has 0 saturated heterocycles. The molecule has 0 heterocycles. The second-order valence-electron chi connectivity index (χ2n) is 0.653. The summed E-state index contributed by atoms with van der Waals surface area (Å²) < 4.78 is 0.296. The zero-order valence-corrected chi connectivity index (χ0v) is 7.62. The maximum atomic E-state index is 3.23. The molecule has 0 nitrogen and oxygen atoms in total. The zero-order valence-electron chi connectivity index (χ0n) is 2.87. The molecular formula is C2H2BBr3. The lowest BCUT2D eigenvalue weighted by atomic mass is 10.2. The summed E-state index contributed by atoms with van der Waals surface area (Å²) in [6.45, 7) is 0. The molecule has 0 aliphatic carbocycles. The van der Waals surface area contributed by atoms with Crippen molar-refractivity contribution < 1.29 is 0 Å². The van der Waals surface area contributed by atoms with Gasteiger partial charge in [0.05, 0.1) is 0 Å². The predicted octanol–water partition coefficient (Wildman–Crippen LogP) is 2.71. The fraction of sp³-hybridized carbons (Fsp3) is 0. The van der Waals surface area contributed by atoms with Crippen molar-refractivity contribution in [2.24, 2.45) is 0 Å². The first-order valence-corrected chi connectivity index (χ1v) is 4.07. The molecule has 0 radical (unpaired) electrons. The Morgan fingerprint density at radius 2 is 1.83 bits per heavy atom. The lowest BCUT2D eigenvalue weighted by molar-refractivity contribution is 2.55. The van der Waals surface area contributed by atoms with E-state index in [9.17, 15) is 0 Å². The molecule has 0 spiro atoms. The van der Waals surface area contributed by atoms with Crippen molar-refractivity contribution in [3.8, 4) is 0 Å². The molecule has 0 aliphatic rings. The highest BCUT2D eigenvalue weighted by molar-refractivity contribution is 9.49. The average molecular weight is 277 g/mol. The van der Waals surface area contributed by atoms with Crippen LogP contribution in [0.15, 0.2) is 11.0 Å². The van der Waals surface area contributed by atoms with Crippen molar-refractivity contribution in [1.82, 2.24) is 0 Å². The minimum Gasteiger partial charge on any atom is -0.133 e. The summed E-state index contributed by atoms with van der Waals surface area (Å²) >= 11 is 9.58. The standard InChI is InChI=1S/C2H2BBr3/c4-2-1-3(5)6/h1-2H/b2-1-. The Bertz CT molecular complexity index is 50.8. The Labute approximate surface area is 62.5 Å². The van der Waals surface area contributed by atoms with Crippen LogP contribution in [0.25, 0.3) is 0 Å². The van der Waals surface area contributed by atoms with Crippen molar-refractivity contribution >= 4 is 51.8 Å². The summed E-state index contributed by atoms with van der Waals surface area (Å²) in [5, 5.41) is 0. The lowest BCUT2D eigenvalue weighted by Crippen LogP contribution is -1.77. The van der Waals surface area contributed by atoms with Crippen molar-refractivity contribution in [1.29, 1.82) is 0 Å². The van der Waals surface area contributed by atoms with E-state index in [1.54, 1.807) is 4.99 Å². The number of halogens is 3. The fourth-order valence-corrected chi connectivity index (χ4v) is 1.48. The van der Waals surface area contributed by atoms with Crippen LogP contribution < -0.4 is 0 Å². The SMILES string of the molecule is Br/C=C\B(Br)Br. The van der Waals surface area contributed by atoms with E-state index < -0.39 is 0 Å². The molecule has 0 fully saturated rings. The van der Waals surface area contributed by atoms with Crippen LogP contribution in [-0.4, -0.2) is 4.36 Å². The maximum absolute atomic E-state index is 3.23. The third-order valence-corrected chi connectivity index (χ3v) is 1.13. The normalized spacial score (nSPS) is 9.83. The third kappa shape index (κ3) is 5.24. The molecular weight excluding hydrogens is 275 g/mol. The van der Waals surface area contributed by atoms with Gasteiger partial charge in [0.25, 0.3) is 0 Å². The molecule has 0 aliphatic heterocycles. The first-order chi connectivity index (χ1) is 2.77. The fourth-order valence-electron chi connectivity index (χ4n) is 0.0550. The average Bonchev–Trinajstić information content (AvgIpc) is 1.35. The highest BCUT2D eigenvalue weighted by atomic mass is 79.9. The summed E-state index contributed by atoms with van der Waals surface area (Å²) in [5.74, 6) is 1.92. The van der Waals surface area contributed by atoms with Crippen LogP contribution in [0.1, 0.15) is 0 Å². The third-order valence-electron chi connectivity index (χ3n) is 0.218. The first kappa shape index (κ1) is 7.24. The lowest BCUT2D eigenvalue weighted by Gasteiger charge is -1.74. The Morgan fingerprint density at radius 1 is 1.33 bits per heavy atom. The van der Waals surface area contributed by atoms with E-state index in [4.69, 9.17) is 0 Å². The molecule has 0 rings (SSSR count). The van der Waals surface area contributed by atoms with Crippen LogP contribution in [0.3, 0.4) is 0 Å². The van der Waals surface area contributed by atoms with E-state index in [2.05, 4.69) is 47.4 Å². The smallest absolute Gasteiger partial charge is 0.133 e. The van der Waals surface area contributed by atoms with E-state index in [-0.39, 0.29) is 0 Å². The Balaban J connectivity index is 3.03. The van der Waals surface area contributed by atoms with Crippen LogP contribution in [0.5, 0.6) is 0 Å². The van der Waals surface area contributed by atoms with Crippen molar-refractivity contribution in [3.63, 3.8) is 0 Å². The van der Waals surface area contributed by atoms with E-state index >= 15 is 0 Å². The Kier molecular flexibility index (Phi) is 5.32. The van der Waals surface area contributed by atoms with Crippen LogP contribution in [0.4, 0.5) is 0 Å². The molecule has 0 aromatic rings.